The highest BCUT2D eigenvalue weighted by Gasteiger charge is 2.21. The summed E-state index contributed by atoms with van der Waals surface area (Å²) in [5.74, 6) is 1.47. The highest BCUT2D eigenvalue weighted by molar-refractivity contribution is 7.89. The molecule has 1 aromatic carbocycles. The first-order valence-corrected chi connectivity index (χ1v) is 7.73. The van der Waals surface area contributed by atoms with Crippen LogP contribution in [0.2, 0.25) is 0 Å². The largest absolute Gasteiger partial charge is 0.466 e. The number of anilines is 1. The molecule has 3 N–H and O–H groups in total. The minimum absolute atomic E-state index is 0.155. The minimum atomic E-state index is -3.61. The number of nitrogen functional groups attached to an aromatic ring is 1. The molecule has 0 radical (unpaired) electrons. The van der Waals surface area contributed by atoms with Crippen LogP contribution in [0.4, 0.5) is 5.69 Å². The van der Waals surface area contributed by atoms with Gasteiger partial charge < -0.3 is 10.2 Å². The molecule has 1 aromatic heterocycles. The summed E-state index contributed by atoms with van der Waals surface area (Å²) in [4.78, 5) is 0.155. The SMILES string of the molecule is Cc1cc(C(C)NS(=O)(=O)c2cccc(N)c2)c(C)o1. The second-order valence-corrected chi connectivity index (χ2v) is 6.50. The third-order valence-corrected chi connectivity index (χ3v) is 4.58. The molecule has 5 nitrogen and oxygen atoms in total. The lowest BCUT2D eigenvalue weighted by molar-refractivity contribution is 0.496. The lowest BCUT2D eigenvalue weighted by atomic mass is 10.1. The van der Waals surface area contributed by atoms with E-state index in [0.717, 1.165) is 11.3 Å². The molecule has 0 aliphatic carbocycles. The molecule has 1 unspecified atom stereocenters. The number of hydrogen-bond acceptors (Lipinski definition) is 4. The molecule has 0 saturated carbocycles. The molecular weight excluding hydrogens is 276 g/mol. The van der Waals surface area contributed by atoms with Crippen molar-refractivity contribution in [3.63, 3.8) is 0 Å². The van der Waals surface area contributed by atoms with Crippen molar-refractivity contribution in [2.45, 2.75) is 31.7 Å². The number of furan rings is 1. The van der Waals surface area contributed by atoms with Gasteiger partial charge in [-0.15, -0.1) is 0 Å². The summed E-state index contributed by atoms with van der Waals surface area (Å²) >= 11 is 0. The van der Waals surface area contributed by atoms with E-state index in [1.54, 1.807) is 19.1 Å². The first-order valence-electron chi connectivity index (χ1n) is 6.24. The Morgan fingerprint density at radius 2 is 1.95 bits per heavy atom. The van der Waals surface area contributed by atoms with E-state index in [4.69, 9.17) is 10.2 Å². The van der Waals surface area contributed by atoms with Gasteiger partial charge in [0.05, 0.1) is 4.90 Å². The maximum absolute atomic E-state index is 12.3. The quantitative estimate of drug-likeness (QED) is 0.848. The Bertz CT molecular complexity index is 720. The van der Waals surface area contributed by atoms with Gasteiger partial charge in [-0.2, -0.15) is 0 Å². The highest BCUT2D eigenvalue weighted by Crippen LogP contribution is 2.23. The third kappa shape index (κ3) is 3.02. The highest BCUT2D eigenvalue weighted by atomic mass is 32.2. The normalized spacial score (nSPS) is 13.3. The third-order valence-electron chi connectivity index (χ3n) is 3.05. The molecule has 1 atom stereocenters. The Morgan fingerprint density at radius 1 is 1.25 bits per heavy atom. The molecule has 0 saturated heterocycles. The van der Waals surface area contributed by atoms with Crippen LogP contribution in [0.5, 0.6) is 0 Å². The van der Waals surface area contributed by atoms with Crippen LogP contribution in [0.25, 0.3) is 0 Å². The predicted octanol–water partition coefficient (Wildman–Crippen LogP) is 2.52. The summed E-state index contributed by atoms with van der Waals surface area (Å²) in [6.07, 6.45) is 0. The molecule has 108 valence electrons. The summed E-state index contributed by atoms with van der Waals surface area (Å²) in [5, 5.41) is 0. The zero-order chi connectivity index (χ0) is 14.9. The molecule has 1 heterocycles. The zero-order valence-electron chi connectivity index (χ0n) is 11.7. The Kier molecular flexibility index (Phi) is 3.87. The Labute approximate surface area is 118 Å². The van der Waals surface area contributed by atoms with E-state index in [2.05, 4.69) is 4.72 Å². The van der Waals surface area contributed by atoms with Crippen molar-refractivity contribution >= 4 is 15.7 Å². The monoisotopic (exact) mass is 294 g/mol. The van der Waals surface area contributed by atoms with Gasteiger partial charge in [-0.25, -0.2) is 13.1 Å². The van der Waals surface area contributed by atoms with Gasteiger partial charge in [-0.3, -0.25) is 0 Å². The van der Waals surface area contributed by atoms with E-state index in [1.807, 2.05) is 19.9 Å². The number of rotatable bonds is 4. The smallest absolute Gasteiger partial charge is 0.241 e. The van der Waals surface area contributed by atoms with E-state index in [1.165, 1.54) is 12.1 Å². The standard InChI is InChI=1S/C14H18N2O3S/c1-9-7-14(11(3)19-9)10(2)16-20(17,18)13-6-4-5-12(15)8-13/h4-8,10,16H,15H2,1-3H3. The number of hydrogen-bond donors (Lipinski definition) is 2. The summed E-state index contributed by atoms with van der Waals surface area (Å²) in [5.41, 5.74) is 6.86. The predicted molar refractivity (Wildman–Crippen MR) is 77.8 cm³/mol. The van der Waals surface area contributed by atoms with Crippen LogP contribution in [0.3, 0.4) is 0 Å². The van der Waals surface area contributed by atoms with Crippen molar-refractivity contribution in [2.24, 2.45) is 0 Å². The fourth-order valence-electron chi connectivity index (χ4n) is 2.13. The lowest BCUT2D eigenvalue weighted by Crippen LogP contribution is -2.27. The second kappa shape index (κ2) is 5.30. The summed E-state index contributed by atoms with van der Waals surface area (Å²) in [6.45, 7) is 5.42. The summed E-state index contributed by atoms with van der Waals surface area (Å²) in [6, 6.07) is 7.66. The first-order chi connectivity index (χ1) is 9.29. The van der Waals surface area contributed by atoms with E-state index in [-0.39, 0.29) is 10.9 Å². The minimum Gasteiger partial charge on any atom is -0.466 e. The van der Waals surface area contributed by atoms with E-state index >= 15 is 0 Å². The van der Waals surface area contributed by atoms with Crippen molar-refractivity contribution in [3.05, 3.63) is 47.4 Å². The number of sulfonamides is 1. The average Bonchev–Trinajstić information content (AvgIpc) is 2.68. The molecular formula is C14H18N2O3S. The molecule has 2 rings (SSSR count). The number of nitrogens with one attached hydrogen (secondary N) is 1. The van der Waals surface area contributed by atoms with Gasteiger partial charge in [-0.05, 0) is 45.0 Å². The van der Waals surface area contributed by atoms with Crippen molar-refractivity contribution in [2.75, 3.05) is 5.73 Å². The van der Waals surface area contributed by atoms with Gasteiger partial charge >= 0.3 is 0 Å². The number of aryl methyl sites for hydroxylation is 2. The van der Waals surface area contributed by atoms with E-state index in [0.29, 0.717) is 11.4 Å². The van der Waals surface area contributed by atoms with E-state index in [9.17, 15) is 8.42 Å². The van der Waals surface area contributed by atoms with Crippen LogP contribution in [-0.2, 0) is 10.0 Å². The molecule has 20 heavy (non-hydrogen) atoms. The summed E-state index contributed by atoms with van der Waals surface area (Å²) < 4.78 is 32.6. The fourth-order valence-corrected chi connectivity index (χ4v) is 3.40. The van der Waals surface area contributed by atoms with Crippen LogP contribution in [-0.4, -0.2) is 8.42 Å². The molecule has 0 aliphatic rings. The van der Waals surface area contributed by atoms with Gasteiger partial charge in [0.25, 0.3) is 0 Å². The molecule has 0 spiro atoms. The fraction of sp³-hybridized carbons (Fsp3) is 0.286. The van der Waals surface area contributed by atoms with Gasteiger partial charge in [0.2, 0.25) is 10.0 Å². The maximum Gasteiger partial charge on any atom is 0.241 e. The van der Waals surface area contributed by atoms with Gasteiger partial charge in [0, 0.05) is 17.3 Å². The van der Waals surface area contributed by atoms with Gasteiger partial charge in [0.15, 0.2) is 0 Å². The van der Waals surface area contributed by atoms with Crippen LogP contribution >= 0.6 is 0 Å². The van der Waals surface area contributed by atoms with Crippen LogP contribution in [0.1, 0.15) is 30.0 Å². The number of nitrogens with two attached hydrogens (primary N) is 1. The maximum atomic E-state index is 12.3. The van der Waals surface area contributed by atoms with Gasteiger partial charge in [0.1, 0.15) is 11.5 Å². The summed E-state index contributed by atoms with van der Waals surface area (Å²) in [7, 11) is -3.61. The van der Waals surface area contributed by atoms with Crippen LogP contribution in [0, 0.1) is 13.8 Å². The lowest BCUT2D eigenvalue weighted by Gasteiger charge is -2.14. The van der Waals surface area contributed by atoms with Crippen molar-refractivity contribution in [1.82, 2.24) is 4.72 Å². The molecule has 0 aliphatic heterocycles. The molecule has 2 aromatic rings. The van der Waals surface area contributed by atoms with E-state index < -0.39 is 10.0 Å². The molecule has 0 amide bonds. The second-order valence-electron chi connectivity index (χ2n) is 4.78. The van der Waals surface area contributed by atoms with Crippen LogP contribution < -0.4 is 10.5 Å². The van der Waals surface area contributed by atoms with Crippen LogP contribution in [0.15, 0.2) is 39.6 Å². The van der Waals surface area contributed by atoms with Crippen molar-refractivity contribution in [1.29, 1.82) is 0 Å². The number of benzene rings is 1. The topological polar surface area (TPSA) is 85.3 Å². The first kappa shape index (κ1) is 14.6. The molecule has 0 bridgehead atoms. The van der Waals surface area contributed by atoms with Crippen molar-refractivity contribution < 1.29 is 12.8 Å². The Morgan fingerprint density at radius 3 is 2.50 bits per heavy atom. The Balaban J connectivity index is 2.26. The average molecular weight is 294 g/mol. The zero-order valence-corrected chi connectivity index (χ0v) is 12.5. The van der Waals surface area contributed by atoms with Gasteiger partial charge in [-0.1, -0.05) is 6.07 Å². The Hall–Kier alpha value is -1.79. The van der Waals surface area contributed by atoms with Crippen molar-refractivity contribution in [3.8, 4) is 0 Å². The molecule has 6 heteroatoms. The molecule has 0 fully saturated rings.